The Bertz CT molecular complexity index is 1290. The molecule has 0 saturated heterocycles. The second-order valence-corrected chi connectivity index (χ2v) is 9.00. The van der Waals surface area contributed by atoms with Gasteiger partial charge in [-0.15, -0.1) is 4.57 Å². The molecular weight excluding hydrogens is 475 g/mol. The van der Waals surface area contributed by atoms with Crippen molar-refractivity contribution in [3.8, 4) is 32.4 Å². The number of halogens is 3. The predicted molar refractivity (Wildman–Crippen MR) is 119 cm³/mol. The van der Waals surface area contributed by atoms with Crippen molar-refractivity contribution in [1.29, 1.82) is 0 Å². The van der Waals surface area contributed by atoms with Crippen molar-refractivity contribution in [3.63, 3.8) is 0 Å². The molecule has 4 aromatic rings. The molecule has 0 saturated carbocycles. The van der Waals surface area contributed by atoms with E-state index < -0.39 is 15.6 Å². The highest BCUT2D eigenvalue weighted by Gasteiger charge is 2.36. The van der Waals surface area contributed by atoms with E-state index in [1.165, 1.54) is 21.0 Å². The number of methoxy groups -OCH3 is 1. The van der Waals surface area contributed by atoms with Crippen LogP contribution in [0.15, 0.2) is 91.1 Å². The third kappa shape index (κ3) is 6.19. The summed E-state index contributed by atoms with van der Waals surface area (Å²) in [5.74, 6) is 0.870. The Morgan fingerprint density at radius 1 is 0.848 bits per heavy atom. The number of benzene rings is 3. The number of rotatable bonds is 4. The molecule has 0 fully saturated rings. The Labute approximate surface area is 193 Å². The van der Waals surface area contributed by atoms with Gasteiger partial charge in [0, 0.05) is 12.1 Å². The van der Waals surface area contributed by atoms with E-state index >= 15 is 0 Å². The van der Waals surface area contributed by atoms with Gasteiger partial charge in [-0.1, -0.05) is 59.9 Å². The fraction of sp³-hybridized carbons (Fsp3) is 0.0870. The Balaban J connectivity index is 0.000000331. The summed E-state index contributed by atoms with van der Waals surface area (Å²) in [7, 11) is -4.40. The van der Waals surface area contributed by atoms with Crippen molar-refractivity contribution < 1.29 is 35.4 Å². The largest absolute Gasteiger partial charge is 0.741 e. The van der Waals surface area contributed by atoms with Crippen molar-refractivity contribution in [1.82, 2.24) is 0 Å². The van der Waals surface area contributed by atoms with Crippen molar-refractivity contribution in [3.05, 3.63) is 91.1 Å². The summed E-state index contributed by atoms with van der Waals surface area (Å²) in [5, 5.41) is 1.20. The van der Waals surface area contributed by atoms with E-state index in [-0.39, 0.29) is 0 Å². The Kier molecular flexibility index (Phi) is 7.52. The van der Waals surface area contributed by atoms with Crippen molar-refractivity contribution in [2.75, 3.05) is 7.11 Å². The summed E-state index contributed by atoms with van der Waals surface area (Å²) >= 11 is 1.80. The van der Waals surface area contributed by atoms with Gasteiger partial charge in [0.25, 0.3) is 5.01 Å². The minimum absolute atomic E-state index is 0.870. The molecule has 0 spiro atoms. The van der Waals surface area contributed by atoms with Gasteiger partial charge in [0.2, 0.25) is 5.69 Å². The van der Waals surface area contributed by atoms with E-state index in [1.54, 1.807) is 18.4 Å². The summed E-state index contributed by atoms with van der Waals surface area (Å²) in [5.41, 5.74) is -2.08. The monoisotopic (exact) mass is 493 g/mol. The molecule has 10 heteroatoms. The van der Waals surface area contributed by atoms with Crippen molar-refractivity contribution >= 4 is 21.5 Å². The molecule has 1 heterocycles. The topological polar surface area (TPSA) is 70.3 Å². The second kappa shape index (κ2) is 10.2. The van der Waals surface area contributed by atoms with Crippen LogP contribution in [0.1, 0.15) is 0 Å². The molecule has 3 aromatic carbocycles. The van der Waals surface area contributed by atoms with Crippen LogP contribution in [0, 0.1) is 0 Å². The van der Waals surface area contributed by atoms with E-state index in [2.05, 4.69) is 71.4 Å². The van der Waals surface area contributed by atoms with E-state index in [4.69, 9.17) is 17.7 Å². The van der Waals surface area contributed by atoms with Crippen LogP contribution in [-0.4, -0.2) is 25.6 Å². The highest BCUT2D eigenvalue weighted by atomic mass is 32.2. The standard InChI is InChI=1S/C22H18NOS.CHF3O3S/c1-24-20-14-12-18(13-15-20)22-23(19-10-6-3-7-11-19)16-21(25-22)17-8-4-2-5-9-17;2-1(3,4)8(5,6)7/h2-16H,1H3;(H,5,6,7)/q+1;/p-1. The van der Waals surface area contributed by atoms with Crippen LogP contribution in [0.4, 0.5) is 13.2 Å². The van der Waals surface area contributed by atoms with E-state index in [0.717, 1.165) is 11.4 Å². The highest BCUT2D eigenvalue weighted by Crippen LogP contribution is 2.32. The lowest BCUT2D eigenvalue weighted by Crippen LogP contribution is -2.29. The summed E-state index contributed by atoms with van der Waals surface area (Å²) in [6.07, 6.45) is 2.22. The first kappa shape index (κ1) is 24.4. The zero-order valence-electron chi connectivity index (χ0n) is 17.2. The molecule has 0 N–H and O–H groups in total. The maximum Gasteiger partial charge on any atom is 0.485 e. The third-order valence-electron chi connectivity index (χ3n) is 4.38. The average molecular weight is 494 g/mol. The molecule has 0 atom stereocenters. The Morgan fingerprint density at radius 2 is 1.36 bits per heavy atom. The van der Waals surface area contributed by atoms with Gasteiger partial charge in [0.05, 0.1) is 12.7 Å². The van der Waals surface area contributed by atoms with E-state index in [9.17, 15) is 13.2 Å². The van der Waals surface area contributed by atoms with Crippen LogP contribution < -0.4 is 9.30 Å². The molecule has 1 aromatic heterocycles. The van der Waals surface area contributed by atoms with Crippen LogP contribution >= 0.6 is 11.3 Å². The first-order valence-corrected chi connectivity index (χ1v) is 11.7. The molecule has 0 aliphatic carbocycles. The van der Waals surface area contributed by atoms with Gasteiger partial charge in [-0.05, 0) is 29.8 Å². The average Bonchev–Trinajstić information content (AvgIpc) is 3.25. The predicted octanol–water partition coefficient (Wildman–Crippen LogP) is 5.42. The summed E-state index contributed by atoms with van der Waals surface area (Å²) in [4.78, 5) is 1.25. The van der Waals surface area contributed by atoms with E-state index in [1.807, 2.05) is 24.3 Å². The number of ether oxygens (including phenoxy) is 1. The molecule has 0 aliphatic heterocycles. The Morgan fingerprint density at radius 3 is 1.85 bits per heavy atom. The fourth-order valence-electron chi connectivity index (χ4n) is 2.80. The smallest absolute Gasteiger partial charge is 0.485 e. The number of thiazole rings is 1. The number of para-hydroxylation sites is 1. The molecular formula is C23H18F3NO4S2. The third-order valence-corrected chi connectivity index (χ3v) is 6.14. The first-order valence-electron chi connectivity index (χ1n) is 9.43. The zero-order chi connectivity index (χ0) is 24.1. The molecule has 0 radical (unpaired) electrons. The van der Waals surface area contributed by atoms with Gasteiger partial charge in [0.1, 0.15) is 10.6 Å². The van der Waals surface area contributed by atoms with Crippen LogP contribution in [0.25, 0.3) is 26.7 Å². The quantitative estimate of drug-likeness (QED) is 0.216. The fourth-order valence-corrected chi connectivity index (χ4v) is 3.93. The SMILES string of the molecule is COc1ccc(-c2sc(-c3ccccc3)c[n+]2-c2ccccc2)cc1.O=S(=O)([O-])C(F)(F)F. The van der Waals surface area contributed by atoms with Gasteiger partial charge in [-0.3, -0.25) is 0 Å². The molecule has 0 unspecified atom stereocenters. The minimum Gasteiger partial charge on any atom is -0.741 e. The van der Waals surface area contributed by atoms with Crippen LogP contribution in [-0.2, 0) is 10.1 Å². The maximum atomic E-state index is 10.7. The van der Waals surface area contributed by atoms with Crippen molar-refractivity contribution in [2.45, 2.75) is 5.51 Å². The maximum absolute atomic E-state index is 10.7. The van der Waals surface area contributed by atoms with Gasteiger partial charge >= 0.3 is 5.51 Å². The van der Waals surface area contributed by atoms with Crippen LogP contribution in [0.3, 0.4) is 0 Å². The molecule has 4 rings (SSSR count). The van der Waals surface area contributed by atoms with E-state index in [0.29, 0.717) is 0 Å². The lowest BCUT2D eigenvalue weighted by atomic mass is 10.2. The number of alkyl halides is 3. The molecule has 0 amide bonds. The summed E-state index contributed by atoms with van der Waals surface area (Å²) in [6, 6.07) is 29.2. The van der Waals surface area contributed by atoms with Gasteiger partial charge < -0.3 is 9.29 Å². The minimum atomic E-state index is -6.09. The van der Waals surface area contributed by atoms with Crippen LogP contribution in [0.5, 0.6) is 5.75 Å². The second-order valence-electron chi connectivity index (χ2n) is 6.60. The number of nitrogens with zero attached hydrogens (tertiary/aromatic N) is 1. The number of hydrogen-bond acceptors (Lipinski definition) is 5. The molecule has 5 nitrogen and oxygen atoms in total. The first-order chi connectivity index (χ1) is 15.6. The van der Waals surface area contributed by atoms with Gasteiger partial charge in [0.15, 0.2) is 16.3 Å². The number of hydrogen-bond donors (Lipinski definition) is 0. The molecule has 172 valence electrons. The van der Waals surface area contributed by atoms with Gasteiger partial charge in [-0.2, -0.15) is 13.2 Å². The lowest BCUT2D eigenvalue weighted by molar-refractivity contribution is -0.578. The zero-order valence-corrected chi connectivity index (χ0v) is 18.8. The van der Waals surface area contributed by atoms with Crippen LogP contribution in [0.2, 0.25) is 0 Å². The summed E-state index contributed by atoms with van der Waals surface area (Å²) in [6.45, 7) is 0. The van der Waals surface area contributed by atoms with Crippen molar-refractivity contribution in [2.24, 2.45) is 0 Å². The lowest BCUT2D eigenvalue weighted by Gasteiger charge is -2.08. The van der Waals surface area contributed by atoms with Gasteiger partial charge in [-0.25, -0.2) is 8.42 Å². The molecule has 0 bridgehead atoms. The normalized spacial score (nSPS) is 11.4. The highest BCUT2D eigenvalue weighted by molar-refractivity contribution is 7.86. The molecule has 0 aliphatic rings. The molecule has 33 heavy (non-hydrogen) atoms. The summed E-state index contributed by atoms with van der Waals surface area (Å²) < 4.78 is 66.5. The Hall–Kier alpha value is -3.21. The number of aromatic nitrogens is 1.